The molecule has 4 aliphatic carbocycles. The average Bonchev–Trinajstić information content (AvgIpc) is 1.51. The maximum Gasteiger partial charge on any atom is 0.494 e. The molecule has 0 amide bonds. The van der Waals surface area contributed by atoms with Gasteiger partial charge in [-0.1, -0.05) is 349 Å². The molecule has 117 heavy (non-hydrogen) atoms. The molecule has 2 fully saturated rings. The Morgan fingerprint density at radius 1 is 0.325 bits per heavy atom. The van der Waals surface area contributed by atoms with Gasteiger partial charge >= 0.3 is 14.2 Å². The van der Waals surface area contributed by atoms with Crippen molar-refractivity contribution in [1.82, 2.24) is 0 Å². The van der Waals surface area contributed by atoms with Gasteiger partial charge in [0.05, 0.1) is 37.3 Å². The van der Waals surface area contributed by atoms with Gasteiger partial charge in [-0.2, -0.15) is 0 Å². The van der Waals surface area contributed by atoms with Crippen LogP contribution in [0.15, 0.2) is 179 Å². The summed E-state index contributed by atoms with van der Waals surface area (Å²) in [6.45, 7) is 28.8. The van der Waals surface area contributed by atoms with E-state index in [9.17, 15) is 0 Å². The molecular weight excluding hydrogens is 1560 g/mol. The smallest absolute Gasteiger partial charge is 0.405 e. The van der Waals surface area contributed by atoms with Gasteiger partial charge in [0.25, 0.3) is 0 Å². The zero-order valence-corrected chi connectivity index (χ0v) is 76.1. The molecule has 618 valence electrons. The molecule has 0 bridgehead atoms. The lowest BCUT2D eigenvalue weighted by Crippen LogP contribution is -2.36. The van der Waals surface area contributed by atoms with Crippen LogP contribution >= 0.6 is 31.9 Å². The standard InChI is InChI=1S/C58H72Br2O2.C49H62B2O4/c1-5-9-11-13-15-17-35-57(36-18-16-14-12-10-6-2)53-39-47(59)31-33-49(53)51-42-56-52(41-54(51)57)50-34-32-48(60)40-55(50)58(56,45-27-23-43(24-28-45)21-19-37-61-7-3)46-29-25-44(26-30-46)22-20-38-62-8-4;1-7-11-13-15-25-47(5,9-3)35-17-21-39-40-22-18-36(48(6,10-4)26-16-14-12-8-2)32-44(40)49(43(39)31-35)45-33-37(50-52-27-28-53-50)19-23-41(45)42-24-20-38(34-46(42)49)51-54-29-30-55-51/h23-34,39-42H,5-22,35-38H2,1-4H3;17-24,31-34H,7-16,25-30H2,1-6H3. The highest BCUT2D eigenvalue weighted by Crippen LogP contribution is 2.66. The summed E-state index contributed by atoms with van der Waals surface area (Å²) < 4.78 is 38.4. The lowest BCUT2D eigenvalue weighted by Gasteiger charge is -2.35. The van der Waals surface area contributed by atoms with E-state index < -0.39 is 10.8 Å². The van der Waals surface area contributed by atoms with Gasteiger partial charge in [-0.05, 0) is 259 Å². The molecule has 2 saturated heterocycles. The lowest BCUT2D eigenvalue weighted by molar-refractivity contribution is 0.145. The Kier molecular flexibility index (Phi) is 30.0. The minimum absolute atomic E-state index is 0.00789. The summed E-state index contributed by atoms with van der Waals surface area (Å²) in [5, 5.41) is 0. The van der Waals surface area contributed by atoms with Crippen LogP contribution in [-0.4, -0.2) is 67.1 Å². The lowest BCUT2D eigenvalue weighted by atomic mass is 9.65. The highest BCUT2D eigenvalue weighted by molar-refractivity contribution is 9.10. The number of ether oxygens (including phenoxy) is 2. The van der Waals surface area contributed by atoms with Gasteiger partial charge in [0.1, 0.15) is 0 Å². The molecule has 6 nitrogen and oxygen atoms in total. The Bertz CT molecular complexity index is 4570. The molecular formula is C107H134B2Br2O6. The predicted molar refractivity (Wildman–Crippen MR) is 501 cm³/mol. The fourth-order valence-electron chi connectivity index (χ4n) is 21.3. The van der Waals surface area contributed by atoms with E-state index in [1.807, 2.05) is 0 Å². The van der Waals surface area contributed by atoms with E-state index in [4.69, 9.17) is 28.1 Å². The van der Waals surface area contributed by atoms with Gasteiger partial charge in [0.15, 0.2) is 0 Å². The SMILES string of the molecule is CCCCCCC(C)(CC)c1ccc2c(c1)C1(c3cc(B4OCCO4)ccc3-c3ccc(B4OCCO4)cc31)c1cc(C(C)(CC)CCCCCC)ccc1-2.CCCCCCCCC1(CCCCCCCC)c2cc(Br)ccc2-c2cc3c(cc21)-c1ccc(Br)cc1C3(c1ccc(CCCOCC)cc1)c1ccc(CCCOCC)cc1. The highest BCUT2D eigenvalue weighted by Gasteiger charge is 2.55. The number of halogens is 2. The van der Waals surface area contributed by atoms with Crippen LogP contribution in [0.3, 0.4) is 0 Å². The first-order valence-electron chi connectivity index (χ1n) is 46.4. The Morgan fingerprint density at radius 3 is 1.09 bits per heavy atom. The number of benzene rings is 9. The molecule has 9 aromatic carbocycles. The molecule has 2 heterocycles. The number of aryl methyl sites for hydroxylation is 2. The van der Waals surface area contributed by atoms with E-state index >= 15 is 0 Å². The fourth-order valence-corrected chi connectivity index (χ4v) is 22.1. The largest absolute Gasteiger partial charge is 0.494 e. The van der Waals surface area contributed by atoms with Gasteiger partial charge in [-0.3, -0.25) is 0 Å². The first-order chi connectivity index (χ1) is 57.2. The number of hydrogen-bond donors (Lipinski definition) is 0. The van der Waals surface area contributed by atoms with Gasteiger partial charge in [0.2, 0.25) is 0 Å². The van der Waals surface area contributed by atoms with Crippen molar-refractivity contribution in [2.45, 2.75) is 289 Å². The van der Waals surface area contributed by atoms with E-state index in [1.54, 1.807) is 11.1 Å². The second-order valence-electron chi connectivity index (χ2n) is 35.7. The number of hydrogen-bond acceptors (Lipinski definition) is 6. The summed E-state index contributed by atoms with van der Waals surface area (Å²) in [6.07, 6.45) is 37.2. The molecule has 6 aliphatic rings. The molecule has 0 N–H and O–H groups in total. The van der Waals surface area contributed by atoms with Crippen molar-refractivity contribution in [3.63, 3.8) is 0 Å². The molecule has 0 aromatic heterocycles. The van der Waals surface area contributed by atoms with E-state index in [1.165, 1.54) is 270 Å². The van der Waals surface area contributed by atoms with E-state index in [0.717, 1.165) is 80.4 Å². The average molecular weight is 1700 g/mol. The summed E-state index contributed by atoms with van der Waals surface area (Å²) in [4.78, 5) is 0. The zero-order chi connectivity index (χ0) is 81.6. The van der Waals surface area contributed by atoms with Crippen LogP contribution in [-0.2, 0) is 68.0 Å². The van der Waals surface area contributed by atoms with Gasteiger partial charge in [-0.25, -0.2) is 0 Å². The Morgan fingerprint density at radius 2 is 0.658 bits per heavy atom. The minimum Gasteiger partial charge on any atom is -0.405 e. The van der Waals surface area contributed by atoms with E-state index in [-0.39, 0.29) is 30.5 Å². The molecule has 10 heteroatoms. The Balaban J connectivity index is 0.000000194. The summed E-state index contributed by atoms with van der Waals surface area (Å²) in [7, 11) is -0.698. The maximum absolute atomic E-state index is 6.16. The van der Waals surface area contributed by atoms with Crippen LogP contribution in [0.5, 0.6) is 0 Å². The first kappa shape index (κ1) is 87.2. The molecule has 0 radical (unpaired) electrons. The van der Waals surface area contributed by atoms with Crippen LogP contribution in [0.25, 0.3) is 44.5 Å². The molecule has 0 saturated carbocycles. The maximum atomic E-state index is 6.16. The van der Waals surface area contributed by atoms with Crippen molar-refractivity contribution >= 4 is 57.0 Å². The zero-order valence-electron chi connectivity index (χ0n) is 72.9. The first-order valence-corrected chi connectivity index (χ1v) is 48.0. The van der Waals surface area contributed by atoms with Crippen molar-refractivity contribution in [2.24, 2.45) is 0 Å². The Hall–Kier alpha value is -6.17. The second kappa shape index (κ2) is 40.2. The Labute approximate surface area is 722 Å². The number of unbranched alkanes of at least 4 members (excludes halogenated alkanes) is 16. The van der Waals surface area contributed by atoms with Crippen molar-refractivity contribution < 1.29 is 28.1 Å². The third kappa shape index (κ3) is 17.8. The number of fused-ring (bicyclic) bond motifs is 16. The number of rotatable bonds is 42. The van der Waals surface area contributed by atoms with Gasteiger partial charge in [0, 0.05) is 40.8 Å². The summed E-state index contributed by atoms with van der Waals surface area (Å²) in [5.41, 5.74) is 31.9. The summed E-state index contributed by atoms with van der Waals surface area (Å²) >= 11 is 7.97. The van der Waals surface area contributed by atoms with E-state index in [2.05, 4.69) is 271 Å². The summed E-state index contributed by atoms with van der Waals surface area (Å²) in [6, 6.07) is 68.1. The van der Waals surface area contributed by atoms with E-state index in [0.29, 0.717) is 26.4 Å². The molecule has 1 spiro atoms. The quantitative estimate of drug-likeness (QED) is 0.0281. The second-order valence-corrected chi connectivity index (χ2v) is 37.5. The third-order valence-corrected chi connectivity index (χ3v) is 29.4. The fraction of sp³-hybridized carbons (Fsp3) is 0.495. The molecule has 15 rings (SSSR count). The van der Waals surface area contributed by atoms with Crippen LogP contribution in [0.1, 0.15) is 327 Å². The highest BCUT2D eigenvalue weighted by atomic mass is 79.9. The van der Waals surface area contributed by atoms with Crippen molar-refractivity contribution in [3.05, 3.63) is 257 Å². The summed E-state index contributed by atoms with van der Waals surface area (Å²) in [5.74, 6) is 0. The normalized spacial score (nSPS) is 16.3. The molecule has 2 unspecified atom stereocenters. The molecule has 2 atom stereocenters. The van der Waals surface area contributed by atoms with Gasteiger partial charge in [-0.15, -0.1) is 0 Å². The van der Waals surface area contributed by atoms with Crippen LogP contribution in [0, 0.1) is 0 Å². The van der Waals surface area contributed by atoms with Crippen LogP contribution < -0.4 is 10.9 Å². The predicted octanol–water partition coefficient (Wildman–Crippen LogP) is 28.1. The minimum atomic E-state index is -0.516. The van der Waals surface area contributed by atoms with Crippen LogP contribution in [0.4, 0.5) is 0 Å². The van der Waals surface area contributed by atoms with Crippen molar-refractivity contribution in [1.29, 1.82) is 0 Å². The molecule has 9 aromatic rings. The van der Waals surface area contributed by atoms with Crippen molar-refractivity contribution in [2.75, 3.05) is 52.9 Å². The monoisotopic (exact) mass is 1690 g/mol. The molecule has 2 aliphatic heterocycles. The third-order valence-electron chi connectivity index (χ3n) is 28.4. The topological polar surface area (TPSA) is 55.4 Å². The van der Waals surface area contributed by atoms with Gasteiger partial charge < -0.3 is 28.1 Å². The van der Waals surface area contributed by atoms with Crippen LogP contribution in [0.2, 0.25) is 0 Å². The van der Waals surface area contributed by atoms with Crippen molar-refractivity contribution in [3.8, 4) is 44.5 Å².